The van der Waals surface area contributed by atoms with Crippen LogP contribution < -0.4 is 0 Å². The fraction of sp³-hybridized carbons (Fsp3) is 1.00. The minimum Gasteiger partial charge on any atom is -0.393 e. The molecule has 0 aliphatic heterocycles. The third kappa shape index (κ3) is 1.68. The minimum absolute atomic E-state index is 0.0197. The van der Waals surface area contributed by atoms with Crippen LogP contribution in [0.5, 0.6) is 0 Å². The Morgan fingerprint density at radius 1 is 1.22 bits per heavy atom. The molecule has 0 heterocycles. The first-order chi connectivity index (χ1) is 4.20. The van der Waals surface area contributed by atoms with Crippen molar-refractivity contribution in [2.75, 3.05) is 0 Å². The van der Waals surface area contributed by atoms with Crippen LogP contribution in [0.25, 0.3) is 0 Å². The largest absolute Gasteiger partial charge is 0.393 e. The summed E-state index contributed by atoms with van der Waals surface area (Å²) >= 11 is 0. The molecule has 1 heteroatoms. The molecule has 0 spiro atoms. The lowest BCUT2D eigenvalue weighted by Crippen LogP contribution is -2.25. The number of hydrogen-bond acceptors (Lipinski definition) is 1. The zero-order chi connectivity index (χ0) is 6.85. The van der Waals surface area contributed by atoms with E-state index in [0.29, 0.717) is 5.92 Å². The summed E-state index contributed by atoms with van der Waals surface area (Å²) in [6, 6.07) is 0. The van der Waals surface area contributed by atoms with Gasteiger partial charge in [0.25, 0.3) is 0 Å². The molecule has 9 heavy (non-hydrogen) atoms. The quantitative estimate of drug-likeness (QED) is 0.527. The van der Waals surface area contributed by atoms with Crippen molar-refractivity contribution in [3.8, 4) is 0 Å². The van der Waals surface area contributed by atoms with Crippen LogP contribution in [0.4, 0.5) is 0 Å². The first kappa shape index (κ1) is 7.07. The molecule has 0 aromatic carbocycles. The zero-order valence-electron chi connectivity index (χ0n) is 6.30. The molecule has 1 N–H and O–H groups in total. The van der Waals surface area contributed by atoms with E-state index in [-0.39, 0.29) is 6.10 Å². The van der Waals surface area contributed by atoms with Crippen LogP contribution in [0, 0.1) is 11.8 Å². The molecule has 1 aliphatic carbocycles. The van der Waals surface area contributed by atoms with Crippen LogP contribution in [0.15, 0.2) is 0 Å². The highest BCUT2D eigenvalue weighted by Crippen LogP contribution is 2.27. The zero-order valence-corrected chi connectivity index (χ0v) is 6.30. The number of rotatable bonds is 0. The van der Waals surface area contributed by atoms with E-state index in [2.05, 4.69) is 13.8 Å². The Hall–Kier alpha value is -0.0400. The first-order valence-electron chi connectivity index (χ1n) is 3.88. The molecular weight excluding hydrogens is 112 g/mol. The maximum atomic E-state index is 9.35. The molecule has 1 nitrogen and oxygen atoms in total. The molecule has 0 aromatic heterocycles. The molecule has 0 bridgehead atoms. The summed E-state index contributed by atoms with van der Waals surface area (Å²) in [5, 5.41) is 9.35. The van der Waals surface area contributed by atoms with E-state index in [0.717, 1.165) is 12.3 Å². The molecule has 1 fully saturated rings. The van der Waals surface area contributed by atoms with Crippen molar-refractivity contribution < 1.29 is 5.11 Å². The van der Waals surface area contributed by atoms with E-state index in [1.54, 1.807) is 0 Å². The smallest absolute Gasteiger partial charge is 0.0568 e. The van der Waals surface area contributed by atoms with Crippen molar-refractivity contribution in [1.82, 2.24) is 0 Å². The van der Waals surface area contributed by atoms with Gasteiger partial charge in [0.05, 0.1) is 6.10 Å². The highest BCUT2D eigenvalue weighted by molar-refractivity contribution is 4.74. The molecular formula is C8H16O. The molecule has 54 valence electrons. The average molecular weight is 128 g/mol. The topological polar surface area (TPSA) is 20.2 Å². The third-order valence-electron chi connectivity index (χ3n) is 2.42. The van der Waals surface area contributed by atoms with Gasteiger partial charge in [-0.25, -0.2) is 0 Å². The SMILES string of the molecule is C[C@H]1CC[C@@H](C)[C@@H](O)C1. The molecule has 1 rings (SSSR count). The predicted molar refractivity (Wildman–Crippen MR) is 38.2 cm³/mol. The minimum atomic E-state index is -0.0197. The summed E-state index contributed by atoms with van der Waals surface area (Å²) in [5.74, 6) is 1.29. The summed E-state index contributed by atoms with van der Waals surface area (Å²) in [7, 11) is 0. The Kier molecular flexibility index (Phi) is 2.12. The highest BCUT2D eigenvalue weighted by Gasteiger charge is 2.22. The van der Waals surface area contributed by atoms with Gasteiger partial charge in [0.15, 0.2) is 0 Å². The van der Waals surface area contributed by atoms with E-state index in [1.807, 2.05) is 0 Å². The van der Waals surface area contributed by atoms with Crippen molar-refractivity contribution >= 4 is 0 Å². The average Bonchev–Trinajstić information content (AvgIpc) is 1.80. The van der Waals surface area contributed by atoms with Crippen molar-refractivity contribution in [2.24, 2.45) is 11.8 Å². The molecule has 0 saturated heterocycles. The van der Waals surface area contributed by atoms with Crippen molar-refractivity contribution in [2.45, 2.75) is 39.2 Å². The molecule has 1 saturated carbocycles. The van der Waals surface area contributed by atoms with Crippen molar-refractivity contribution in [3.63, 3.8) is 0 Å². The van der Waals surface area contributed by atoms with Crippen LogP contribution in [0.2, 0.25) is 0 Å². The van der Waals surface area contributed by atoms with Gasteiger partial charge in [-0.05, 0) is 24.7 Å². The Labute approximate surface area is 57.1 Å². The Morgan fingerprint density at radius 2 is 1.89 bits per heavy atom. The van der Waals surface area contributed by atoms with E-state index in [4.69, 9.17) is 0 Å². The lowest BCUT2D eigenvalue weighted by atomic mass is 9.82. The van der Waals surface area contributed by atoms with Gasteiger partial charge in [-0.2, -0.15) is 0 Å². The van der Waals surface area contributed by atoms with Crippen LogP contribution >= 0.6 is 0 Å². The van der Waals surface area contributed by atoms with Gasteiger partial charge in [0.1, 0.15) is 0 Å². The summed E-state index contributed by atoms with van der Waals surface area (Å²) in [6.07, 6.45) is 3.51. The maximum absolute atomic E-state index is 9.35. The van der Waals surface area contributed by atoms with Gasteiger partial charge in [0.2, 0.25) is 0 Å². The standard InChI is InChI=1S/C8H16O/c1-6-3-4-7(2)8(9)5-6/h6-9H,3-5H2,1-2H3/t6-,7+,8-/m0/s1. The van der Waals surface area contributed by atoms with Gasteiger partial charge in [-0.3, -0.25) is 0 Å². The lowest BCUT2D eigenvalue weighted by Gasteiger charge is -2.28. The molecule has 0 radical (unpaired) electrons. The van der Waals surface area contributed by atoms with Crippen LogP contribution in [0.1, 0.15) is 33.1 Å². The monoisotopic (exact) mass is 128 g/mol. The fourth-order valence-electron chi connectivity index (χ4n) is 1.50. The third-order valence-corrected chi connectivity index (χ3v) is 2.42. The van der Waals surface area contributed by atoms with Gasteiger partial charge >= 0.3 is 0 Å². The second-order valence-corrected chi connectivity index (χ2v) is 3.46. The van der Waals surface area contributed by atoms with Crippen molar-refractivity contribution in [1.29, 1.82) is 0 Å². The maximum Gasteiger partial charge on any atom is 0.0568 e. The second-order valence-electron chi connectivity index (χ2n) is 3.46. The van der Waals surface area contributed by atoms with Crippen LogP contribution in [-0.4, -0.2) is 11.2 Å². The van der Waals surface area contributed by atoms with E-state index < -0.39 is 0 Å². The second kappa shape index (κ2) is 2.70. The Bertz CT molecular complexity index is 90.6. The highest BCUT2D eigenvalue weighted by atomic mass is 16.3. The molecule has 0 aromatic rings. The molecule has 0 amide bonds. The summed E-state index contributed by atoms with van der Waals surface area (Å²) in [4.78, 5) is 0. The summed E-state index contributed by atoms with van der Waals surface area (Å²) in [6.45, 7) is 4.35. The number of aliphatic hydroxyl groups excluding tert-OH is 1. The lowest BCUT2D eigenvalue weighted by molar-refractivity contribution is 0.0577. The van der Waals surface area contributed by atoms with E-state index in [9.17, 15) is 5.11 Å². The van der Waals surface area contributed by atoms with Crippen LogP contribution in [-0.2, 0) is 0 Å². The van der Waals surface area contributed by atoms with Crippen molar-refractivity contribution in [3.05, 3.63) is 0 Å². The summed E-state index contributed by atoms with van der Waals surface area (Å²) < 4.78 is 0. The first-order valence-corrected chi connectivity index (χ1v) is 3.88. The Balaban J connectivity index is 2.35. The fourth-order valence-corrected chi connectivity index (χ4v) is 1.50. The van der Waals surface area contributed by atoms with Crippen LogP contribution in [0.3, 0.4) is 0 Å². The summed E-state index contributed by atoms with van der Waals surface area (Å²) in [5.41, 5.74) is 0. The van der Waals surface area contributed by atoms with E-state index >= 15 is 0 Å². The van der Waals surface area contributed by atoms with Gasteiger partial charge in [0, 0.05) is 0 Å². The van der Waals surface area contributed by atoms with Gasteiger partial charge in [-0.1, -0.05) is 20.3 Å². The number of aliphatic hydroxyl groups is 1. The molecule has 0 unspecified atom stereocenters. The van der Waals surface area contributed by atoms with Gasteiger partial charge < -0.3 is 5.11 Å². The Morgan fingerprint density at radius 3 is 2.33 bits per heavy atom. The normalized spacial score (nSPS) is 45.0. The van der Waals surface area contributed by atoms with E-state index in [1.165, 1.54) is 12.8 Å². The molecule has 3 atom stereocenters. The molecule has 1 aliphatic rings. The predicted octanol–water partition coefficient (Wildman–Crippen LogP) is 1.80. The van der Waals surface area contributed by atoms with Gasteiger partial charge in [-0.15, -0.1) is 0 Å². The number of hydrogen-bond donors (Lipinski definition) is 1.